The molecule has 0 unspecified atom stereocenters. The Morgan fingerprint density at radius 2 is 2.03 bits per heavy atom. The van der Waals surface area contributed by atoms with E-state index in [0.717, 1.165) is 0 Å². The van der Waals surface area contributed by atoms with E-state index in [1.54, 1.807) is 37.2 Å². The zero-order valence-corrected chi connectivity index (χ0v) is 16.9. The van der Waals surface area contributed by atoms with Gasteiger partial charge in [-0.2, -0.15) is 5.10 Å². The van der Waals surface area contributed by atoms with E-state index in [9.17, 15) is 9.59 Å². The number of carbonyl (C=O) groups excluding carboxylic acids is 2. The molecular formula is C18H21N9O3. The molecule has 0 aliphatic heterocycles. The summed E-state index contributed by atoms with van der Waals surface area (Å²) in [5, 5.41) is 20.3. The largest absolute Gasteiger partial charge is 0.492 e. The maximum atomic E-state index is 12.2. The molecular weight excluding hydrogens is 390 g/mol. The van der Waals surface area contributed by atoms with Crippen LogP contribution < -0.4 is 20.7 Å². The third-order valence-electron chi connectivity index (χ3n) is 4.03. The molecule has 156 valence electrons. The highest BCUT2D eigenvalue weighted by molar-refractivity contribution is 5.99. The van der Waals surface area contributed by atoms with Gasteiger partial charge in [-0.3, -0.25) is 14.3 Å². The molecule has 3 N–H and O–H groups in total. The molecule has 0 saturated carbocycles. The summed E-state index contributed by atoms with van der Waals surface area (Å²) in [5.41, 5.74) is 0.920. The molecule has 12 heteroatoms. The Bertz CT molecular complexity index is 1080. The van der Waals surface area contributed by atoms with Crippen molar-refractivity contribution in [2.45, 2.75) is 13.3 Å². The molecule has 0 saturated heterocycles. The van der Waals surface area contributed by atoms with Crippen molar-refractivity contribution in [3.8, 4) is 17.1 Å². The Morgan fingerprint density at radius 3 is 2.67 bits per heavy atom. The molecule has 12 nitrogen and oxygen atoms in total. The van der Waals surface area contributed by atoms with Gasteiger partial charge in [0.15, 0.2) is 28.9 Å². The van der Waals surface area contributed by atoms with Crippen molar-refractivity contribution in [3.63, 3.8) is 0 Å². The highest BCUT2D eigenvalue weighted by Gasteiger charge is 2.20. The number of ether oxygens (including phenoxy) is 1. The number of nitrogens with zero attached hydrogens (tertiary/aromatic N) is 6. The Morgan fingerprint density at radius 1 is 1.23 bits per heavy atom. The molecule has 30 heavy (non-hydrogen) atoms. The third kappa shape index (κ3) is 4.32. The van der Waals surface area contributed by atoms with Crippen molar-refractivity contribution in [2.24, 2.45) is 7.05 Å². The van der Waals surface area contributed by atoms with Crippen LogP contribution in [0.5, 0.6) is 5.75 Å². The number of rotatable bonds is 7. The first-order valence-electron chi connectivity index (χ1n) is 9.02. The van der Waals surface area contributed by atoms with Crippen molar-refractivity contribution in [1.82, 2.24) is 35.3 Å². The molecule has 0 fully saturated rings. The van der Waals surface area contributed by atoms with Gasteiger partial charge in [0.25, 0.3) is 5.91 Å². The van der Waals surface area contributed by atoms with E-state index in [1.807, 2.05) is 0 Å². The monoisotopic (exact) mass is 411 g/mol. The van der Waals surface area contributed by atoms with Gasteiger partial charge in [0.1, 0.15) is 6.33 Å². The normalized spacial score (nSPS) is 10.4. The molecule has 0 atom stereocenters. The number of carbonyl (C=O) groups is 2. The predicted molar refractivity (Wildman–Crippen MR) is 108 cm³/mol. The third-order valence-corrected chi connectivity index (χ3v) is 4.03. The average Bonchev–Trinajstić information content (AvgIpc) is 3.19. The number of aryl methyl sites for hydroxylation is 1. The topological polar surface area (TPSA) is 149 Å². The summed E-state index contributed by atoms with van der Waals surface area (Å²) in [4.78, 5) is 32.5. The zero-order chi connectivity index (χ0) is 21.7. The fourth-order valence-corrected chi connectivity index (χ4v) is 2.58. The van der Waals surface area contributed by atoms with Crippen molar-refractivity contribution in [1.29, 1.82) is 0 Å². The minimum absolute atomic E-state index is 0.0252. The number of nitrogens with one attached hydrogen (secondary N) is 3. The molecule has 3 aromatic rings. The van der Waals surface area contributed by atoms with Crippen LogP contribution in [-0.2, 0) is 11.8 Å². The molecule has 3 rings (SSSR count). The molecule has 3 aromatic heterocycles. The lowest BCUT2D eigenvalue weighted by molar-refractivity contribution is -0.115. The fourth-order valence-electron chi connectivity index (χ4n) is 2.58. The maximum Gasteiger partial charge on any atom is 0.273 e. The van der Waals surface area contributed by atoms with Crippen molar-refractivity contribution in [2.75, 3.05) is 24.8 Å². The van der Waals surface area contributed by atoms with Crippen LogP contribution >= 0.6 is 0 Å². The van der Waals surface area contributed by atoms with E-state index in [0.29, 0.717) is 23.0 Å². The molecule has 0 aromatic carbocycles. The fraction of sp³-hybridized carbons (Fsp3) is 0.278. The van der Waals surface area contributed by atoms with Crippen LogP contribution in [0.2, 0.25) is 0 Å². The summed E-state index contributed by atoms with van der Waals surface area (Å²) in [5.74, 6) is 0.645. The summed E-state index contributed by atoms with van der Waals surface area (Å²) in [6.45, 7) is 1.72. The number of aromatic nitrogens is 6. The van der Waals surface area contributed by atoms with E-state index in [1.165, 1.54) is 20.2 Å². The number of amides is 2. The van der Waals surface area contributed by atoms with E-state index in [4.69, 9.17) is 4.74 Å². The first-order valence-corrected chi connectivity index (χ1v) is 9.02. The standard InChI is InChI=1S/C18H21N9O3/c1-5-13(28)23-12-8-11(14(25-24-12)18(29)19-2)22-17-15(30-4)10(6-7-20-17)16-21-9-27(3)26-16/h6-9H,5H2,1-4H3,(H,19,29)(H2,20,22,23,24,28). The van der Waals surface area contributed by atoms with Gasteiger partial charge in [-0.25, -0.2) is 9.97 Å². The SMILES string of the molecule is CCC(=O)Nc1cc(Nc2nccc(-c3ncn(C)n3)c2OC)c(C(=O)NC)nn1. The zero-order valence-electron chi connectivity index (χ0n) is 16.9. The first-order chi connectivity index (χ1) is 14.5. The van der Waals surface area contributed by atoms with Gasteiger partial charge < -0.3 is 20.7 Å². The second-order valence-corrected chi connectivity index (χ2v) is 6.08. The van der Waals surface area contributed by atoms with Gasteiger partial charge in [0.05, 0.1) is 18.4 Å². The Labute approximate surface area is 172 Å². The second-order valence-electron chi connectivity index (χ2n) is 6.08. The minimum Gasteiger partial charge on any atom is -0.492 e. The maximum absolute atomic E-state index is 12.2. The van der Waals surface area contributed by atoms with E-state index in [-0.39, 0.29) is 29.5 Å². The lowest BCUT2D eigenvalue weighted by Crippen LogP contribution is -2.22. The van der Waals surface area contributed by atoms with Gasteiger partial charge in [-0.15, -0.1) is 10.2 Å². The van der Waals surface area contributed by atoms with Crippen molar-refractivity contribution in [3.05, 3.63) is 30.4 Å². The van der Waals surface area contributed by atoms with Crippen LogP contribution in [0.4, 0.5) is 17.3 Å². The highest BCUT2D eigenvalue weighted by Crippen LogP contribution is 2.35. The molecule has 0 radical (unpaired) electrons. The van der Waals surface area contributed by atoms with E-state index in [2.05, 4.69) is 41.2 Å². The smallest absolute Gasteiger partial charge is 0.273 e. The molecule has 0 bridgehead atoms. The van der Waals surface area contributed by atoms with E-state index >= 15 is 0 Å². The van der Waals surface area contributed by atoms with Gasteiger partial charge in [-0.1, -0.05) is 6.92 Å². The molecule has 3 heterocycles. The number of methoxy groups -OCH3 is 1. The summed E-state index contributed by atoms with van der Waals surface area (Å²) >= 11 is 0. The number of hydrogen-bond acceptors (Lipinski definition) is 9. The van der Waals surface area contributed by atoms with Crippen molar-refractivity contribution < 1.29 is 14.3 Å². The highest BCUT2D eigenvalue weighted by atomic mass is 16.5. The van der Waals surface area contributed by atoms with Gasteiger partial charge >= 0.3 is 0 Å². The Kier molecular flexibility index (Phi) is 6.15. The van der Waals surface area contributed by atoms with Crippen LogP contribution in [-0.4, -0.2) is 55.9 Å². The van der Waals surface area contributed by atoms with Crippen LogP contribution in [0.3, 0.4) is 0 Å². The Balaban J connectivity index is 2.05. The second kappa shape index (κ2) is 8.94. The van der Waals surface area contributed by atoms with E-state index < -0.39 is 5.91 Å². The molecule has 2 amide bonds. The summed E-state index contributed by atoms with van der Waals surface area (Å²) in [7, 11) is 4.73. The minimum atomic E-state index is -0.458. The van der Waals surface area contributed by atoms with Crippen LogP contribution in [0, 0.1) is 0 Å². The lowest BCUT2D eigenvalue weighted by Gasteiger charge is -2.15. The average molecular weight is 411 g/mol. The predicted octanol–water partition coefficient (Wildman–Crippen LogP) is 1.13. The summed E-state index contributed by atoms with van der Waals surface area (Å²) in [6.07, 6.45) is 3.40. The molecule has 0 aliphatic carbocycles. The lowest BCUT2D eigenvalue weighted by atomic mass is 10.2. The van der Waals surface area contributed by atoms with Gasteiger partial charge in [0, 0.05) is 32.8 Å². The van der Waals surface area contributed by atoms with Gasteiger partial charge in [0.2, 0.25) is 5.91 Å². The summed E-state index contributed by atoms with van der Waals surface area (Å²) in [6, 6.07) is 3.22. The Hall–Kier alpha value is -4.09. The molecule has 0 spiro atoms. The van der Waals surface area contributed by atoms with Crippen LogP contribution in [0.1, 0.15) is 23.8 Å². The summed E-state index contributed by atoms with van der Waals surface area (Å²) < 4.78 is 7.10. The van der Waals surface area contributed by atoms with Crippen molar-refractivity contribution >= 4 is 29.1 Å². The first kappa shape index (κ1) is 20.6. The quantitative estimate of drug-likeness (QED) is 0.520. The van der Waals surface area contributed by atoms with Gasteiger partial charge in [-0.05, 0) is 6.07 Å². The van der Waals surface area contributed by atoms with Crippen LogP contribution in [0.25, 0.3) is 11.4 Å². The molecule has 0 aliphatic rings. The van der Waals surface area contributed by atoms with Crippen LogP contribution in [0.15, 0.2) is 24.7 Å². The number of pyridine rings is 1. The number of hydrogen-bond donors (Lipinski definition) is 3. The number of anilines is 3.